The Bertz CT molecular complexity index is 705. The van der Waals surface area contributed by atoms with E-state index in [-0.39, 0.29) is 11.7 Å². The fraction of sp³-hybridized carbons (Fsp3) is 0.579. The van der Waals surface area contributed by atoms with Gasteiger partial charge in [0.1, 0.15) is 23.9 Å². The zero-order valence-corrected chi connectivity index (χ0v) is 15.4. The maximum absolute atomic E-state index is 14.4. The molecule has 5 nitrogen and oxygen atoms in total. The van der Waals surface area contributed by atoms with Crippen molar-refractivity contribution in [3.05, 3.63) is 35.1 Å². The average Bonchev–Trinajstić information content (AvgIpc) is 2.64. The molecule has 148 valence electrons. The first-order chi connectivity index (χ1) is 13.0. The summed E-state index contributed by atoms with van der Waals surface area (Å²) >= 11 is 0. The van der Waals surface area contributed by atoms with Crippen LogP contribution in [0.15, 0.2) is 28.2 Å². The lowest BCUT2D eigenvalue weighted by Crippen LogP contribution is -2.46. The van der Waals surface area contributed by atoms with Gasteiger partial charge in [0.05, 0.1) is 11.7 Å². The molecule has 2 aliphatic heterocycles. The molecule has 0 aromatic heterocycles. The Morgan fingerprint density at radius 3 is 2.63 bits per heavy atom. The highest BCUT2D eigenvalue weighted by atomic mass is 19.3. The van der Waals surface area contributed by atoms with Gasteiger partial charge < -0.3 is 9.47 Å². The molecule has 1 saturated heterocycles. The molecule has 27 heavy (non-hydrogen) atoms. The number of alkyl halides is 2. The summed E-state index contributed by atoms with van der Waals surface area (Å²) < 4.78 is 51.8. The maximum atomic E-state index is 14.4. The summed E-state index contributed by atoms with van der Waals surface area (Å²) in [5, 5.41) is 3.19. The summed E-state index contributed by atoms with van der Waals surface area (Å²) in [6.45, 7) is 4.78. The second-order valence-corrected chi connectivity index (χ2v) is 6.75. The Labute approximate surface area is 156 Å². The van der Waals surface area contributed by atoms with Gasteiger partial charge in [-0.2, -0.15) is 0 Å². The number of hydrogen-bond donors (Lipinski definition) is 1. The van der Waals surface area contributed by atoms with E-state index in [1.807, 2.05) is 0 Å². The molecule has 1 fully saturated rings. The van der Waals surface area contributed by atoms with E-state index in [4.69, 9.17) is 9.47 Å². The number of ether oxygens (including phenoxy) is 2. The molecule has 3 atom stereocenters. The molecule has 2 heterocycles. The minimum Gasteiger partial charge on any atom is -0.381 e. The van der Waals surface area contributed by atoms with Gasteiger partial charge in [0, 0.05) is 31.0 Å². The van der Waals surface area contributed by atoms with E-state index in [2.05, 4.69) is 15.3 Å². The topological polar surface area (TPSA) is 55.2 Å². The SMILES string of the molecule is CC1=NC(N[C@H](C)c2cccc(C(F)F)c2F)C(OC2CCOCC2)C=N1. The first-order valence-electron chi connectivity index (χ1n) is 9.10. The van der Waals surface area contributed by atoms with E-state index >= 15 is 0 Å². The molecule has 2 unspecified atom stereocenters. The van der Waals surface area contributed by atoms with E-state index in [1.54, 1.807) is 20.1 Å². The van der Waals surface area contributed by atoms with Crippen LogP contribution in [0.25, 0.3) is 0 Å². The van der Waals surface area contributed by atoms with E-state index in [1.165, 1.54) is 12.1 Å². The monoisotopic (exact) mass is 383 g/mol. The van der Waals surface area contributed by atoms with Crippen LogP contribution in [0.3, 0.4) is 0 Å². The molecule has 0 radical (unpaired) electrons. The largest absolute Gasteiger partial charge is 0.381 e. The van der Waals surface area contributed by atoms with Crippen molar-refractivity contribution in [3.8, 4) is 0 Å². The van der Waals surface area contributed by atoms with Gasteiger partial charge in [0.25, 0.3) is 6.43 Å². The number of nitrogens with zero attached hydrogens (tertiary/aromatic N) is 2. The number of aliphatic imine (C=N–C) groups is 2. The molecular formula is C19H24F3N3O2. The van der Waals surface area contributed by atoms with Crippen LogP contribution in [0.5, 0.6) is 0 Å². The molecule has 1 N–H and O–H groups in total. The van der Waals surface area contributed by atoms with E-state index in [9.17, 15) is 13.2 Å². The molecule has 8 heteroatoms. The molecular weight excluding hydrogens is 359 g/mol. The third-order valence-electron chi connectivity index (χ3n) is 4.74. The molecule has 1 aromatic carbocycles. The van der Waals surface area contributed by atoms with Crippen LogP contribution in [0.1, 0.15) is 50.3 Å². The number of benzene rings is 1. The lowest BCUT2D eigenvalue weighted by atomic mass is 10.0. The Morgan fingerprint density at radius 1 is 1.22 bits per heavy atom. The van der Waals surface area contributed by atoms with E-state index in [0.29, 0.717) is 19.0 Å². The van der Waals surface area contributed by atoms with Gasteiger partial charge in [-0.15, -0.1) is 0 Å². The fourth-order valence-corrected chi connectivity index (χ4v) is 3.26. The van der Waals surface area contributed by atoms with Crippen LogP contribution < -0.4 is 5.32 Å². The number of amidine groups is 1. The Morgan fingerprint density at radius 2 is 1.93 bits per heavy atom. The Kier molecular flexibility index (Phi) is 6.62. The molecule has 0 aliphatic carbocycles. The highest BCUT2D eigenvalue weighted by Crippen LogP contribution is 2.28. The van der Waals surface area contributed by atoms with E-state index < -0.39 is 36.1 Å². The predicted molar refractivity (Wildman–Crippen MR) is 97.0 cm³/mol. The molecule has 0 spiro atoms. The Hall–Kier alpha value is -1.77. The fourth-order valence-electron chi connectivity index (χ4n) is 3.26. The molecule has 2 aliphatic rings. The number of rotatable bonds is 6. The smallest absolute Gasteiger partial charge is 0.266 e. The average molecular weight is 383 g/mol. The third-order valence-corrected chi connectivity index (χ3v) is 4.74. The van der Waals surface area contributed by atoms with Crippen molar-refractivity contribution in [2.24, 2.45) is 9.98 Å². The first kappa shape index (κ1) is 20.0. The van der Waals surface area contributed by atoms with E-state index in [0.717, 1.165) is 18.9 Å². The van der Waals surface area contributed by atoms with Gasteiger partial charge in [-0.25, -0.2) is 23.2 Å². The third kappa shape index (κ3) is 4.94. The van der Waals surface area contributed by atoms with Crippen molar-refractivity contribution >= 4 is 12.1 Å². The van der Waals surface area contributed by atoms with Gasteiger partial charge in [0.2, 0.25) is 0 Å². The highest BCUT2D eigenvalue weighted by Gasteiger charge is 2.29. The van der Waals surface area contributed by atoms with Gasteiger partial charge in [0.15, 0.2) is 0 Å². The Balaban J connectivity index is 1.73. The normalized spacial score (nSPS) is 24.9. The lowest BCUT2D eigenvalue weighted by molar-refractivity contribution is -0.0557. The number of hydrogen-bond acceptors (Lipinski definition) is 5. The maximum Gasteiger partial charge on any atom is 0.266 e. The van der Waals surface area contributed by atoms with Gasteiger partial charge in [-0.3, -0.25) is 5.32 Å². The van der Waals surface area contributed by atoms with Crippen molar-refractivity contribution in [1.29, 1.82) is 0 Å². The summed E-state index contributed by atoms with van der Waals surface area (Å²) in [7, 11) is 0. The van der Waals surface area contributed by atoms with Crippen LogP contribution in [0.4, 0.5) is 13.2 Å². The van der Waals surface area contributed by atoms with Crippen molar-refractivity contribution in [2.45, 2.75) is 57.5 Å². The van der Waals surface area contributed by atoms with Crippen LogP contribution >= 0.6 is 0 Å². The minimum atomic E-state index is -2.86. The van der Waals surface area contributed by atoms with Crippen molar-refractivity contribution < 1.29 is 22.6 Å². The van der Waals surface area contributed by atoms with Crippen LogP contribution in [-0.4, -0.2) is 43.6 Å². The molecule has 3 rings (SSSR count). The van der Waals surface area contributed by atoms with Crippen LogP contribution in [0, 0.1) is 5.82 Å². The number of halogens is 3. The van der Waals surface area contributed by atoms with Gasteiger partial charge >= 0.3 is 0 Å². The molecule has 1 aromatic rings. The van der Waals surface area contributed by atoms with Gasteiger partial charge in [-0.1, -0.05) is 18.2 Å². The summed E-state index contributed by atoms with van der Waals surface area (Å²) in [6, 6.07) is 3.51. The highest BCUT2D eigenvalue weighted by molar-refractivity contribution is 5.91. The summed E-state index contributed by atoms with van der Waals surface area (Å²) in [5.41, 5.74) is -0.422. The zero-order valence-electron chi connectivity index (χ0n) is 15.4. The van der Waals surface area contributed by atoms with Crippen molar-refractivity contribution in [1.82, 2.24) is 5.32 Å². The zero-order chi connectivity index (χ0) is 19.4. The number of nitrogens with one attached hydrogen (secondary N) is 1. The standard InChI is InChI=1S/C19H24F3N3O2/c1-11(14-4-3-5-15(17(14)20)18(21)22)24-19-16(10-23-12(2)25-19)27-13-6-8-26-9-7-13/h3-5,10-11,13,16,18-19,24H,6-9H2,1-2H3/t11-,16?,19?/m1/s1. The van der Waals surface area contributed by atoms with Crippen LogP contribution in [-0.2, 0) is 9.47 Å². The van der Waals surface area contributed by atoms with Crippen LogP contribution in [0.2, 0.25) is 0 Å². The first-order valence-corrected chi connectivity index (χ1v) is 9.10. The summed E-state index contributed by atoms with van der Waals surface area (Å²) in [5.74, 6) is -0.312. The molecule has 0 saturated carbocycles. The second kappa shape index (κ2) is 8.95. The minimum absolute atomic E-state index is 0.0438. The quantitative estimate of drug-likeness (QED) is 0.813. The second-order valence-electron chi connectivity index (χ2n) is 6.75. The summed E-state index contributed by atoms with van der Waals surface area (Å²) in [6.07, 6.45) is -0.434. The van der Waals surface area contributed by atoms with Crippen molar-refractivity contribution in [2.75, 3.05) is 13.2 Å². The summed E-state index contributed by atoms with van der Waals surface area (Å²) in [4.78, 5) is 8.68. The lowest BCUT2D eigenvalue weighted by Gasteiger charge is -2.32. The predicted octanol–water partition coefficient (Wildman–Crippen LogP) is 3.81. The molecule has 0 bridgehead atoms. The van der Waals surface area contributed by atoms with Crippen molar-refractivity contribution in [3.63, 3.8) is 0 Å². The molecule has 0 amide bonds. The van der Waals surface area contributed by atoms with Gasteiger partial charge in [-0.05, 0) is 26.7 Å².